The van der Waals surface area contributed by atoms with Crippen LogP contribution >= 0.6 is 0 Å². The average Bonchev–Trinajstić information content (AvgIpc) is 2.83. The van der Waals surface area contributed by atoms with Crippen molar-refractivity contribution in [1.29, 1.82) is 0 Å². The van der Waals surface area contributed by atoms with Crippen LogP contribution in [-0.2, 0) is 23.8 Å². The van der Waals surface area contributed by atoms with Gasteiger partial charge in [-0.15, -0.1) is 0 Å². The molecular formula is C13H18O5. The third kappa shape index (κ3) is 1.83. The van der Waals surface area contributed by atoms with Gasteiger partial charge in [0.25, 0.3) is 5.79 Å². The molecule has 0 aromatic carbocycles. The zero-order valence-corrected chi connectivity index (χ0v) is 10.8. The second-order valence-electron chi connectivity index (χ2n) is 4.55. The van der Waals surface area contributed by atoms with Crippen molar-refractivity contribution < 1.29 is 23.8 Å². The van der Waals surface area contributed by atoms with Gasteiger partial charge in [0.2, 0.25) is 5.78 Å². The van der Waals surface area contributed by atoms with Crippen molar-refractivity contribution in [2.24, 2.45) is 5.92 Å². The Balaban J connectivity index is 2.28. The SMILES string of the molecule is CCC(=O)C[C@H]1C(=O)C(OC)(OC)[C@@H]2C=C[C@H]1O2. The van der Waals surface area contributed by atoms with Crippen LogP contribution in [0.4, 0.5) is 0 Å². The van der Waals surface area contributed by atoms with Crippen molar-refractivity contribution in [2.75, 3.05) is 14.2 Å². The van der Waals surface area contributed by atoms with E-state index in [9.17, 15) is 9.59 Å². The predicted molar refractivity (Wildman–Crippen MR) is 63.0 cm³/mol. The Hall–Kier alpha value is -1.04. The molecule has 0 N–H and O–H groups in total. The van der Waals surface area contributed by atoms with Gasteiger partial charge in [0, 0.05) is 27.1 Å². The fourth-order valence-corrected chi connectivity index (χ4v) is 2.58. The summed E-state index contributed by atoms with van der Waals surface area (Å²) in [6, 6.07) is 0. The minimum absolute atomic E-state index is 0.0387. The van der Waals surface area contributed by atoms with E-state index in [-0.39, 0.29) is 24.1 Å². The van der Waals surface area contributed by atoms with Gasteiger partial charge in [0.15, 0.2) is 0 Å². The van der Waals surface area contributed by atoms with Crippen LogP contribution in [0, 0.1) is 5.92 Å². The molecule has 0 unspecified atom stereocenters. The highest BCUT2D eigenvalue weighted by atomic mass is 16.7. The topological polar surface area (TPSA) is 61.8 Å². The van der Waals surface area contributed by atoms with Crippen LogP contribution in [0.2, 0.25) is 0 Å². The minimum Gasteiger partial charge on any atom is -0.360 e. The number of ether oxygens (including phenoxy) is 3. The van der Waals surface area contributed by atoms with E-state index in [2.05, 4.69) is 0 Å². The molecule has 2 aliphatic rings. The minimum atomic E-state index is -1.41. The zero-order chi connectivity index (χ0) is 13.3. The Kier molecular flexibility index (Phi) is 3.66. The smallest absolute Gasteiger partial charge is 0.259 e. The third-order valence-corrected chi connectivity index (χ3v) is 3.68. The second-order valence-corrected chi connectivity index (χ2v) is 4.55. The van der Waals surface area contributed by atoms with Gasteiger partial charge in [-0.25, -0.2) is 0 Å². The molecule has 0 radical (unpaired) electrons. The summed E-state index contributed by atoms with van der Waals surface area (Å²) >= 11 is 0. The monoisotopic (exact) mass is 254 g/mol. The van der Waals surface area contributed by atoms with Crippen LogP contribution in [0.15, 0.2) is 12.2 Å². The fourth-order valence-electron chi connectivity index (χ4n) is 2.58. The molecule has 2 heterocycles. The first-order valence-corrected chi connectivity index (χ1v) is 6.09. The number of Topliss-reactive ketones (excluding diaryl/α,β-unsaturated/α-hetero) is 2. The number of carbonyl (C=O) groups is 2. The molecule has 0 amide bonds. The summed E-state index contributed by atoms with van der Waals surface area (Å²) in [5.74, 6) is -2.10. The van der Waals surface area contributed by atoms with Crippen LogP contribution in [0.25, 0.3) is 0 Å². The number of carbonyl (C=O) groups excluding carboxylic acids is 2. The highest BCUT2D eigenvalue weighted by Gasteiger charge is 2.58. The van der Waals surface area contributed by atoms with E-state index < -0.39 is 17.8 Å². The van der Waals surface area contributed by atoms with E-state index in [1.165, 1.54) is 14.2 Å². The molecule has 5 heteroatoms. The van der Waals surface area contributed by atoms with E-state index in [4.69, 9.17) is 14.2 Å². The number of hydrogen-bond donors (Lipinski definition) is 0. The summed E-state index contributed by atoms with van der Waals surface area (Å²) in [5.41, 5.74) is 0. The lowest BCUT2D eigenvalue weighted by atomic mass is 9.85. The quantitative estimate of drug-likeness (QED) is 0.538. The summed E-state index contributed by atoms with van der Waals surface area (Å²) in [4.78, 5) is 24.1. The molecular weight excluding hydrogens is 236 g/mol. The van der Waals surface area contributed by atoms with Gasteiger partial charge in [-0.1, -0.05) is 19.1 Å². The lowest BCUT2D eigenvalue weighted by molar-refractivity contribution is -0.266. The van der Waals surface area contributed by atoms with Crippen molar-refractivity contribution in [3.63, 3.8) is 0 Å². The Labute approximate surface area is 106 Å². The van der Waals surface area contributed by atoms with Crippen molar-refractivity contribution in [3.8, 4) is 0 Å². The van der Waals surface area contributed by atoms with E-state index in [1.54, 1.807) is 13.0 Å². The Morgan fingerprint density at radius 2 is 2.06 bits per heavy atom. The number of hydrogen-bond acceptors (Lipinski definition) is 5. The molecule has 2 bridgehead atoms. The molecule has 5 nitrogen and oxygen atoms in total. The van der Waals surface area contributed by atoms with E-state index >= 15 is 0 Å². The van der Waals surface area contributed by atoms with Crippen LogP contribution in [0.5, 0.6) is 0 Å². The number of rotatable bonds is 5. The van der Waals surface area contributed by atoms with E-state index in [0.29, 0.717) is 6.42 Å². The summed E-state index contributed by atoms with van der Waals surface area (Å²) in [7, 11) is 2.83. The predicted octanol–water partition coefficient (Wildman–Crippen LogP) is 0.867. The van der Waals surface area contributed by atoms with Gasteiger partial charge in [0.05, 0.1) is 12.0 Å². The molecule has 1 saturated heterocycles. The van der Waals surface area contributed by atoms with Crippen molar-refractivity contribution >= 4 is 11.6 Å². The maximum atomic E-state index is 12.5. The van der Waals surface area contributed by atoms with Gasteiger partial charge < -0.3 is 14.2 Å². The van der Waals surface area contributed by atoms with Crippen LogP contribution in [0.1, 0.15) is 19.8 Å². The number of ketones is 2. The molecule has 1 fully saturated rings. The second kappa shape index (κ2) is 4.91. The van der Waals surface area contributed by atoms with Crippen molar-refractivity contribution in [1.82, 2.24) is 0 Å². The summed E-state index contributed by atoms with van der Waals surface area (Å²) < 4.78 is 16.2. The van der Waals surface area contributed by atoms with E-state index in [1.807, 2.05) is 6.08 Å². The number of fused-ring (bicyclic) bond motifs is 2. The first kappa shape index (κ1) is 13.4. The average molecular weight is 254 g/mol. The zero-order valence-electron chi connectivity index (χ0n) is 10.8. The maximum absolute atomic E-state index is 12.5. The van der Waals surface area contributed by atoms with Crippen LogP contribution in [0.3, 0.4) is 0 Å². The lowest BCUT2D eigenvalue weighted by Gasteiger charge is -2.41. The molecule has 2 rings (SSSR count). The van der Waals surface area contributed by atoms with Gasteiger partial charge in [-0.2, -0.15) is 0 Å². The molecule has 100 valence electrons. The molecule has 0 aromatic rings. The molecule has 2 aliphatic heterocycles. The van der Waals surface area contributed by atoms with E-state index in [0.717, 1.165) is 0 Å². The van der Waals surface area contributed by atoms with Crippen molar-refractivity contribution in [3.05, 3.63) is 12.2 Å². The molecule has 18 heavy (non-hydrogen) atoms. The Bertz CT molecular complexity index is 383. The van der Waals surface area contributed by atoms with Crippen LogP contribution in [-0.4, -0.2) is 43.8 Å². The first-order chi connectivity index (χ1) is 8.58. The molecule has 3 atom stereocenters. The number of methoxy groups -OCH3 is 2. The molecule has 0 spiro atoms. The third-order valence-electron chi connectivity index (χ3n) is 3.68. The van der Waals surface area contributed by atoms with Gasteiger partial charge >= 0.3 is 0 Å². The van der Waals surface area contributed by atoms with Crippen LogP contribution < -0.4 is 0 Å². The Morgan fingerprint density at radius 1 is 1.39 bits per heavy atom. The summed E-state index contributed by atoms with van der Waals surface area (Å²) in [6.45, 7) is 1.78. The van der Waals surface area contributed by atoms with Crippen molar-refractivity contribution in [2.45, 2.75) is 37.8 Å². The first-order valence-electron chi connectivity index (χ1n) is 6.09. The van der Waals surface area contributed by atoms with Gasteiger partial charge in [-0.3, -0.25) is 9.59 Å². The lowest BCUT2D eigenvalue weighted by Crippen LogP contribution is -2.60. The summed E-state index contributed by atoms with van der Waals surface area (Å²) in [6.07, 6.45) is 3.30. The molecule has 0 aliphatic carbocycles. The highest BCUT2D eigenvalue weighted by molar-refractivity contribution is 5.94. The largest absolute Gasteiger partial charge is 0.360 e. The fraction of sp³-hybridized carbons (Fsp3) is 0.692. The van der Waals surface area contributed by atoms with Gasteiger partial charge in [0.1, 0.15) is 11.9 Å². The normalized spacial score (nSPS) is 32.8. The Morgan fingerprint density at radius 3 is 2.61 bits per heavy atom. The summed E-state index contributed by atoms with van der Waals surface area (Å²) in [5, 5.41) is 0. The molecule has 0 aromatic heterocycles. The highest BCUT2D eigenvalue weighted by Crippen LogP contribution is 2.39. The standard InChI is InChI=1S/C13H18O5/c1-4-8(14)7-9-10-5-6-11(18-10)13(16-2,17-3)12(9)15/h5-6,9-11H,4,7H2,1-3H3/t9-,10-,11+/m1/s1. The maximum Gasteiger partial charge on any atom is 0.259 e. The molecule has 0 saturated carbocycles. The van der Waals surface area contributed by atoms with Gasteiger partial charge in [-0.05, 0) is 0 Å².